The van der Waals surface area contributed by atoms with Crippen LogP contribution in [0.1, 0.15) is 28.5 Å². The molecular weight excluding hydrogens is 376 g/mol. The molecule has 0 amide bonds. The molecule has 142 valence electrons. The second-order valence-corrected chi connectivity index (χ2v) is 6.92. The number of methoxy groups -OCH3 is 1. The summed E-state index contributed by atoms with van der Waals surface area (Å²) in [6.07, 6.45) is 7.67. The maximum atomic E-state index is 10.8. The predicted octanol–water partition coefficient (Wildman–Crippen LogP) is 3.88. The van der Waals surface area contributed by atoms with Gasteiger partial charge < -0.3 is 14.8 Å². The number of hydrogen-bond donors (Lipinski definition) is 2. The first-order valence-corrected chi connectivity index (χ1v) is 9.26. The lowest BCUT2D eigenvalue weighted by Crippen LogP contribution is -2.02. The molecule has 0 bridgehead atoms. The highest BCUT2D eigenvalue weighted by molar-refractivity contribution is 6.31. The van der Waals surface area contributed by atoms with Crippen LogP contribution in [0.25, 0.3) is 11.0 Å². The summed E-state index contributed by atoms with van der Waals surface area (Å²) in [5.74, 6) is 0.606. The molecule has 4 rings (SSSR count). The number of fused-ring (bicyclic) bond motifs is 1. The number of halogens is 1. The number of nitrogens with zero attached hydrogens (tertiary/aromatic N) is 3. The van der Waals surface area contributed by atoms with E-state index in [1.165, 1.54) is 0 Å². The molecule has 0 aliphatic heterocycles. The van der Waals surface area contributed by atoms with E-state index in [9.17, 15) is 5.11 Å². The Hall–Kier alpha value is -2.96. The average Bonchev–Trinajstić information content (AvgIpc) is 3.15. The molecule has 0 aromatic carbocycles. The minimum atomic E-state index is -0.804. The topological polar surface area (TPSA) is 83.9 Å². The summed E-state index contributed by atoms with van der Waals surface area (Å²) in [7, 11) is 1.60. The van der Waals surface area contributed by atoms with Crippen LogP contribution in [0.2, 0.25) is 5.02 Å². The van der Waals surface area contributed by atoms with Crippen LogP contribution in [0.4, 0.5) is 0 Å². The van der Waals surface area contributed by atoms with Gasteiger partial charge in [0.15, 0.2) is 0 Å². The maximum Gasteiger partial charge on any atom is 0.212 e. The predicted molar refractivity (Wildman–Crippen MR) is 108 cm³/mol. The van der Waals surface area contributed by atoms with Crippen LogP contribution in [0.5, 0.6) is 5.88 Å². The van der Waals surface area contributed by atoms with E-state index in [2.05, 4.69) is 19.9 Å². The van der Waals surface area contributed by atoms with Crippen LogP contribution < -0.4 is 4.74 Å². The Labute approximate surface area is 167 Å². The number of hydrogen-bond acceptors (Lipinski definition) is 5. The molecule has 0 saturated carbocycles. The Morgan fingerprint density at radius 2 is 1.96 bits per heavy atom. The number of ether oxygens (including phenoxy) is 1. The molecule has 0 aliphatic rings. The van der Waals surface area contributed by atoms with E-state index < -0.39 is 6.10 Å². The van der Waals surface area contributed by atoms with E-state index in [1.807, 2.05) is 30.5 Å². The highest BCUT2D eigenvalue weighted by atomic mass is 35.5. The number of rotatable bonds is 6. The van der Waals surface area contributed by atoms with E-state index in [4.69, 9.17) is 16.3 Å². The fraction of sp³-hybridized carbons (Fsp3) is 0.190. The Balaban J connectivity index is 1.46. The van der Waals surface area contributed by atoms with Crippen molar-refractivity contribution in [1.82, 2.24) is 19.9 Å². The fourth-order valence-corrected chi connectivity index (χ4v) is 3.26. The summed E-state index contributed by atoms with van der Waals surface area (Å²) < 4.78 is 5.07. The largest absolute Gasteiger partial charge is 0.481 e. The molecule has 6 nitrogen and oxygen atoms in total. The van der Waals surface area contributed by atoms with Gasteiger partial charge in [0.25, 0.3) is 0 Å². The molecule has 1 unspecified atom stereocenters. The zero-order valence-corrected chi connectivity index (χ0v) is 16.0. The number of aromatic amines is 1. The number of H-pyrrole nitrogens is 1. The van der Waals surface area contributed by atoms with E-state index >= 15 is 0 Å². The zero-order valence-electron chi connectivity index (χ0n) is 15.3. The first kappa shape index (κ1) is 18.4. The van der Waals surface area contributed by atoms with Crippen molar-refractivity contribution < 1.29 is 9.84 Å². The highest BCUT2D eigenvalue weighted by Crippen LogP contribution is 2.29. The van der Waals surface area contributed by atoms with Gasteiger partial charge >= 0.3 is 0 Å². The Kier molecular flexibility index (Phi) is 5.23. The second-order valence-electron chi connectivity index (χ2n) is 6.49. The Bertz CT molecular complexity index is 1080. The third kappa shape index (κ3) is 3.83. The molecule has 4 heterocycles. The third-order valence-electron chi connectivity index (χ3n) is 4.66. The molecule has 0 fully saturated rings. The van der Waals surface area contributed by atoms with Crippen LogP contribution in [0, 0.1) is 0 Å². The number of pyridine rings is 3. The lowest BCUT2D eigenvalue weighted by Gasteiger charge is -2.11. The summed E-state index contributed by atoms with van der Waals surface area (Å²) in [5, 5.41) is 12.1. The van der Waals surface area contributed by atoms with Crippen LogP contribution in [0.3, 0.4) is 0 Å². The van der Waals surface area contributed by atoms with Crippen LogP contribution >= 0.6 is 11.6 Å². The molecule has 7 heteroatoms. The van der Waals surface area contributed by atoms with Crippen molar-refractivity contribution in [3.05, 3.63) is 82.5 Å². The van der Waals surface area contributed by atoms with Crippen LogP contribution in [-0.2, 0) is 12.8 Å². The Morgan fingerprint density at radius 1 is 1.07 bits per heavy atom. The van der Waals surface area contributed by atoms with Crippen molar-refractivity contribution in [2.24, 2.45) is 0 Å². The van der Waals surface area contributed by atoms with Crippen LogP contribution in [0.15, 0.2) is 55.1 Å². The van der Waals surface area contributed by atoms with Crippen molar-refractivity contribution in [2.75, 3.05) is 7.11 Å². The van der Waals surface area contributed by atoms with Crippen molar-refractivity contribution in [2.45, 2.75) is 18.9 Å². The van der Waals surface area contributed by atoms with Gasteiger partial charge in [-0.15, -0.1) is 0 Å². The molecule has 0 saturated heterocycles. The van der Waals surface area contributed by atoms with E-state index in [0.29, 0.717) is 16.5 Å². The van der Waals surface area contributed by atoms with E-state index in [0.717, 1.165) is 40.6 Å². The summed E-state index contributed by atoms with van der Waals surface area (Å²) >= 11 is 6.04. The normalized spacial score (nSPS) is 12.2. The minimum Gasteiger partial charge on any atom is -0.481 e. The Morgan fingerprint density at radius 3 is 2.68 bits per heavy atom. The van der Waals surface area contributed by atoms with E-state index in [-0.39, 0.29) is 0 Å². The quantitative estimate of drug-likeness (QED) is 0.518. The van der Waals surface area contributed by atoms with Gasteiger partial charge in [0, 0.05) is 53.1 Å². The van der Waals surface area contributed by atoms with Crippen molar-refractivity contribution in [1.29, 1.82) is 0 Å². The standard InChI is InChI=1S/C21H19ClN4O2/c1-28-19-7-3-13(9-24-19)2-5-16-6-4-14(10-23-16)20(27)18-12-26-21-17(18)8-15(22)11-25-21/h3-4,6-12,20,27H,2,5H2,1H3,(H,25,26). The van der Waals surface area contributed by atoms with Gasteiger partial charge in [-0.3, -0.25) is 4.98 Å². The fourth-order valence-electron chi connectivity index (χ4n) is 3.10. The van der Waals surface area contributed by atoms with E-state index in [1.54, 1.807) is 31.8 Å². The third-order valence-corrected chi connectivity index (χ3v) is 4.87. The molecule has 4 aromatic rings. The van der Waals surface area contributed by atoms with Gasteiger partial charge in [0.2, 0.25) is 5.88 Å². The lowest BCUT2D eigenvalue weighted by molar-refractivity contribution is 0.221. The van der Waals surface area contributed by atoms with Crippen molar-refractivity contribution in [3.63, 3.8) is 0 Å². The number of aliphatic hydroxyl groups excluding tert-OH is 1. The van der Waals surface area contributed by atoms with Crippen molar-refractivity contribution in [3.8, 4) is 5.88 Å². The number of aliphatic hydroxyl groups is 1. The number of nitrogens with one attached hydrogen (secondary N) is 1. The SMILES string of the molecule is COc1ccc(CCc2ccc(C(O)c3c[nH]c4ncc(Cl)cc34)cn2)cn1. The second kappa shape index (κ2) is 7.96. The van der Waals surface area contributed by atoms with Crippen molar-refractivity contribution >= 4 is 22.6 Å². The molecule has 4 aromatic heterocycles. The first-order chi connectivity index (χ1) is 13.6. The molecular formula is C21H19ClN4O2. The summed E-state index contributed by atoms with van der Waals surface area (Å²) in [4.78, 5) is 16.0. The van der Waals surface area contributed by atoms with Gasteiger partial charge in [-0.25, -0.2) is 9.97 Å². The molecule has 28 heavy (non-hydrogen) atoms. The molecule has 0 spiro atoms. The minimum absolute atomic E-state index is 0.530. The summed E-state index contributed by atoms with van der Waals surface area (Å²) in [6.45, 7) is 0. The lowest BCUT2D eigenvalue weighted by atomic mass is 10.0. The van der Waals surface area contributed by atoms with Crippen LogP contribution in [-0.4, -0.2) is 32.2 Å². The van der Waals surface area contributed by atoms with Gasteiger partial charge in [0.05, 0.1) is 12.1 Å². The smallest absolute Gasteiger partial charge is 0.212 e. The highest BCUT2D eigenvalue weighted by Gasteiger charge is 2.16. The van der Waals surface area contributed by atoms with Gasteiger partial charge in [-0.1, -0.05) is 23.7 Å². The number of aryl methyl sites for hydroxylation is 2. The zero-order chi connectivity index (χ0) is 19.5. The summed E-state index contributed by atoms with van der Waals surface area (Å²) in [6, 6.07) is 9.49. The van der Waals surface area contributed by atoms with Gasteiger partial charge in [0.1, 0.15) is 11.8 Å². The van der Waals surface area contributed by atoms with Gasteiger partial charge in [-0.2, -0.15) is 0 Å². The summed E-state index contributed by atoms with van der Waals surface area (Å²) in [5.41, 5.74) is 4.21. The molecule has 2 N–H and O–H groups in total. The first-order valence-electron chi connectivity index (χ1n) is 8.88. The maximum absolute atomic E-state index is 10.8. The molecule has 0 aliphatic carbocycles. The number of aromatic nitrogens is 4. The van der Waals surface area contributed by atoms with Gasteiger partial charge in [-0.05, 0) is 30.5 Å². The molecule has 1 atom stereocenters. The molecule has 0 radical (unpaired) electrons. The average molecular weight is 395 g/mol. The monoisotopic (exact) mass is 394 g/mol.